The van der Waals surface area contributed by atoms with Crippen LogP contribution < -0.4 is 19.5 Å². The number of likely N-dealkylation sites (tertiary alicyclic amines) is 1. The molecule has 2 fully saturated rings. The maximum absolute atomic E-state index is 5.59. The molecule has 1 aromatic carbocycles. The van der Waals surface area contributed by atoms with Gasteiger partial charge in [0.15, 0.2) is 11.5 Å². The van der Waals surface area contributed by atoms with Gasteiger partial charge in [0.05, 0.1) is 21.3 Å². The first-order valence-corrected chi connectivity index (χ1v) is 7.92. The van der Waals surface area contributed by atoms with E-state index in [1.165, 1.54) is 12.8 Å². The van der Waals surface area contributed by atoms with E-state index in [1.807, 2.05) is 6.07 Å². The van der Waals surface area contributed by atoms with Crippen molar-refractivity contribution in [2.75, 3.05) is 47.5 Å². The zero-order valence-corrected chi connectivity index (χ0v) is 15.0. The topological polar surface area (TPSA) is 43.0 Å². The molecule has 2 aliphatic heterocycles. The third-order valence-corrected chi connectivity index (χ3v) is 5.03. The molecule has 6 heteroatoms. The Kier molecular flexibility index (Phi) is 6.00. The fourth-order valence-corrected chi connectivity index (χ4v) is 3.84. The highest BCUT2D eigenvalue weighted by Gasteiger charge is 2.40. The van der Waals surface area contributed by atoms with Crippen molar-refractivity contribution in [2.45, 2.75) is 19.4 Å². The number of ether oxygens (including phenoxy) is 3. The number of nitrogens with one attached hydrogen (secondary N) is 1. The van der Waals surface area contributed by atoms with Gasteiger partial charge < -0.3 is 19.5 Å². The van der Waals surface area contributed by atoms with Crippen molar-refractivity contribution < 1.29 is 14.2 Å². The average Bonchev–Trinajstić information content (AvgIpc) is 3.17. The second-order valence-corrected chi connectivity index (χ2v) is 6.38. The summed E-state index contributed by atoms with van der Waals surface area (Å²) < 4.78 is 16.4. The van der Waals surface area contributed by atoms with Crippen LogP contribution >= 0.6 is 12.4 Å². The first-order valence-electron chi connectivity index (χ1n) is 7.92. The molecule has 2 saturated heterocycles. The number of nitrogens with zero attached hydrogens (tertiary/aromatic N) is 1. The third-order valence-electron chi connectivity index (χ3n) is 5.03. The first-order chi connectivity index (χ1) is 10.7. The van der Waals surface area contributed by atoms with E-state index < -0.39 is 0 Å². The van der Waals surface area contributed by atoms with Gasteiger partial charge in [-0.25, -0.2) is 0 Å². The van der Waals surface area contributed by atoms with Crippen molar-refractivity contribution in [3.8, 4) is 17.2 Å². The zero-order valence-electron chi connectivity index (χ0n) is 14.2. The lowest BCUT2D eigenvalue weighted by Gasteiger charge is -2.24. The number of hydrogen-bond acceptors (Lipinski definition) is 5. The molecule has 0 saturated carbocycles. The molecular weight excluding hydrogens is 316 g/mol. The van der Waals surface area contributed by atoms with Crippen LogP contribution in [0.3, 0.4) is 0 Å². The van der Waals surface area contributed by atoms with Crippen LogP contribution in [0.2, 0.25) is 0 Å². The highest BCUT2D eigenvalue weighted by Crippen LogP contribution is 2.42. The van der Waals surface area contributed by atoms with Crippen LogP contribution in [-0.4, -0.2) is 52.4 Å². The molecule has 2 heterocycles. The molecule has 3 rings (SSSR count). The van der Waals surface area contributed by atoms with Gasteiger partial charge in [0.1, 0.15) is 0 Å². The highest BCUT2D eigenvalue weighted by atomic mass is 35.5. The molecule has 1 atom stereocenters. The van der Waals surface area contributed by atoms with Crippen molar-refractivity contribution in [1.29, 1.82) is 0 Å². The molecule has 0 amide bonds. The molecule has 1 N–H and O–H groups in total. The summed E-state index contributed by atoms with van der Waals surface area (Å²) in [5.41, 5.74) is 1.65. The largest absolute Gasteiger partial charge is 0.493 e. The molecule has 1 spiro atoms. The van der Waals surface area contributed by atoms with Crippen LogP contribution in [0.15, 0.2) is 12.1 Å². The SMILES string of the molecule is COc1ccc(CN2CCC3(CCNC3)C2)c(OC)c1OC.Cl. The van der Waals surface area contributed by atoms with Gasteiger partial charge in [0, 0.05) is 25.2 Å². The number of rotatable bonds is 5. The lowest BCUT2D eigenvalue weighted by Crippen LogP contribution is -2.29. The Morgan fingerprint density at radius 3 is 2.48 bits per heavy atom. The standard InChI is InChI=1S/C17H26N2O3.ClH/c1-20-14-5-4-13(15(21-2)16(14)22-3)10-19-9-7-17(12-19)6-8-18-11-17;/h4-5,18H,6-12H2,1-3H3;1H. The molecule has 0 aromatic heterocycles. The Labute approximate surface area is 144 Å². The van der Waals surface area contributed by atoms with Crippen LogP contribution in [0.4, 0.5) is 0 Å². The van der Waals surface area contributed by atoms with Gasteiger partial charge in [-0.2, -0.15) is 0 Å². The van der Waals surface area contributed by atoms with E-state index in [4.69, 9.17) is 14.2 Å². The quantitative estimate of drug-likeness (QED) is 0.889. The molecule has 130 valence electrons. The minimum absolute atomic E-state index is 0. The summed E-state index contributed by atoms with van der Waals surface area (Å²) in [4.78, 5) is 2.52. The maximum atomic E-state index is 5.59. The lowest BCUT2D eigenvalue weighted by atomic mass is 9.86. The smallest absolute Gasteiger partial charge is 0.203 e. The third kappa shape index (κ3) is 3.52. The fourth-order valence-electron chi connectivity index (χ4n) is 3.84. The molecule has 0 aliphatic carbocycles. The predicted octanol–water partition coefficient (Wildman–Crippen LogP) is 2.32. The number of benzene rings is 1. The van der Waals surface area contributed by atoms with Gasteiger partial charge in [-0.3, -0.25) is 4.90 Å². The Bertz CT molecular complexity index is 533. The molecule has 1 aromatic rings. The molecular formula is C17H27ClN2O3. The minimum atomic E-state index is 0. The van der Waals surface area contributed by atoms with Gasteiger partial charge in [0.2, 0.25) is 5.75 Å². The predicted molar refractivity (Wildman–Crippen MR) is 93.2 cm³/mol. The van der Waals surface area contributed by atoms with Crippen LogP contribution in [0.25, 0.3) is 0 Å². The van der Waals surface area contributed by atoms with Crippen LogP contribution in [-0.2, 0) is 6.54 Å². The highest BCUT2D eigenvalue weighted by molar-refractivity contribution is 5.85. The van der Waals surface area contributed by atoms with Crippen molar-refractivity contribution in [3.63, 3.8) is 0 Å². The van der Waals surface area contributed by atoms with Crippen LogP contribution in [0.1, 0.15) is 18.4 Å². The summed E-state index contributed by atoms with van der Waals surface area (Å²) >= 11 is 0. The minimum Gasteiger partial charge on any atom is -0.493 e. The second kappa shape index (κ2) is 7.60. The Morgan fingerprint density at radius 1 is 1.09 bits per heavy atom. The summed E-state index contributed by atoms with van der Waals surface area (Å²) in [5, 5.41) is 3.51. The molecule has 0 radical (unpaired) electrons. The average molecular weight is 343 g/mol. The summed E-state index contributed by atoms with van der Waals surface area (Å²) in [6.45, 7) is 5.53. The van der Waals surface area contributed by atoms with Crippen molar-refractivity contribution >= 4 is 12.4 Å². The van der Waals surface area contributed by atoms with Gasteiger partial charge in [-0.05, 0) is 37.4 Å². The van der Waals surface area contributed by atoms with E-state index in [0.717, 1.165) is 44.0 Å². The number of hydrogen-bond donors (Lipinski definition) is 1. The van der Waals surface area contributed by atoms with Crippen molar-refractivity contribution in [1.82, 2.24) is 10.2 Å². The zero-order chi connectivity index (χ0) is 15.6. The van der Waals surface area contributed by atoms with Crippen molar-refractivity contribution in [2.24, 2.45) is 5.41 Å². The summed E-state index contributed by atoms with van der Waals surface area (Å²) in [6.07, 6.45) is 2.59. The van der Waals surface area contributed by atoms with Gasteiger partial charge in [-0.15, -0.1) is 12.4 Å². The van der Waals surface area contributed by atoms with Gasteiger partial charge in [-0.1, -0.05) is 6.07 Å². The molecule has 2 aliphatic rings. The Balaban J connectivity index is 0.00000192. The molecule has 5 nitrogen and oxygen atoms in total. The Morgan fingerprint density at radius 2 is 1.87 bits per heavy atom. The number of methoxy groups -OCH3 is 3. The van der Waals surface area contributed by atoms with E-state index >= 15 is 0 Å². The van der Waals surface area contributed by atoms with E-state index in [1.54, 1.807) is 21.3 Å². The summed E-state index contributed by atoms with van der Waals surface area (Å²) in [6, 6.07) is 4.04. The van der Waals surface area contributed by atoms with Crippen molar-refractivity contribution in [3.05, 3.63) is 17.7 Å². The molecule has 1 unspecified atom stereocenters. The molecule has 0 bridgehead atoms. The van der Waals surface area contributed by atoms with Gasteiger partial charge >= 0.3 is 0 Å². The normalized spacial score (nSPS) is 23.8. The summed E-state index contributed by atoms with van der Waals surface area (Å²) in [7, 11) is 4.99. The number of halogens is 1. The van der Waals surface area contributed by atoms with E-state index in [2.05, 4.69) is 16.3 Å². The lowest BCUT2D eigenvalue weighted by molar-refractivity contribution is 0.262. The van der Waals surface area contributed by atoms with Gasteiger partial charge in [0.25, 0.3) is 0 Å². The summed E-state index contributed by atoms with van der Waals surface area (Å²) in [5.74, 6) is 2.17. The second-order valence-electron chi connectivity index (χ2n) is 6.38. The van der Waals surface area contributed by atoms with E-state index in [9.17, 15) is 0 Å². The first kappa shape index (κ1) is 18.2. The van der Waals surface area contributed by atoms with E-state index in [-0.39, 0.29) is 12.4 Å². The maximum Gasteiger partial charge on any atom is 0.203 e. The molecule has 23 heavy (non-hydrogen) atoms. The Hall–Kier alpha value is -1.17. The van der Waals surface area contributed by atoms with E-state index in [0.29, 0.717) is 16.9 Å². The van der Waals surface area contributed by atoms with Crippen LogP contribution in [0, 0.1) is 5.41 Å². The monoisotopic (exact) mass is 342 g/mol. The van der Waals surface area contributed by atoms with Crippen LogP contribution in [0.5, 0.6) is 17.2 Å². The fraction of sp³-hybridized carbons (Fsp3) is 0.647.